The molecule has 0 fully saturated rings. The van der Waals surface area contributed by atoms with Crippen molar-refractivity contribution in [1.29, 1.82) is 0 Å². The van der Waals surface area contributed by atoms with E-state index >= 15 is 0 Å². The molecule has 0 atom stereocenters. The Labute approximate surface area is 132 Å². The molecule has 0 spiro atoms. The van der Waals surface area contributed by atoms with Crippen molar-refractivity contribution in [3.8, 4) is 17.1 Å². The van der Waals surface area contributed by atoms with Crippen molar-refractivity contribution >= 4 is 33.2 Å². The average Bonchev–Trinajstić information content (AvgIpc) is 2.93. The number of nitrogen functional groups attached to an aromatic ring is 1. The van der Waals surface area contributed by atoms with E-state index in [1.807, 2.05) is 0 Å². The highest BCUT2D eigenvalue weighted by Gasteiger charge is 2.17. The van der Waals surface area contributed by atoms with Crippen LogP contribution in [-0.4, -0.2) is 20.2 Å². The summed E-state index contributed by atoms with van der Waals surface area (Å²) >= 11 is 9.44. The molecule has 1 heterocycles. The number of hydrogen-bond donors (Lipinski definition) is 1. The van der Waals surface area contributed by atoms with Crippen molar-refractivity contribution in [2.45, 2.75) is 0 Å². The van der Waals surface area contributed by atoms with Gasteiger partial charge in [0.1, 0.15) is 11.5 Å². The maximum absolute atomic E-state index is 14.0. The second kappa shape index (κ2) is 5.42. The molecule has 0 bridgehead atoms. The maximum Gasteiger partial charge on any atom is 0.188 e. The average molecular weight is 369 g/mol. The SMILES string of the molecule is Nc1ccc(Cl)c(-c2nnnn2-c2cc(Br)ccc2F)c1. The molecule has 2 aromatic carbocycles. The maximum atomic E-state index is 14.0. The van der Waals surface area contributed by atoms with Crippen LogP contribution in [0.25, 0.3) is 17.1 Å². The highest BCUT2D eigenvalue weighted by molar-refractivity contribution is 9.10. The smallest absolute Gasteiger partial charge is 0.188 e. The Kier molecular flexibility index (Phi) is 3.60. The lowest BCUT2D eigenvalue weighted by atomic mass is 10.2. The van der Waals surface area contributed by atoms with Crippen LogP contribution in [0.4, 0.5) is 10.1 Å². The van der Waals surface area contributed by atoms with Crippen molar-refractivity contribution in [3.63, 3.8) is 0 Å². The first kappa shape index (κ1) is 14.0. The number of nitrogens with two attached hydrogens (primary N) is 1. The molecule has 8 heteroatoms. The van der Waals surface area contributed by atoms with E-state index in [1.54, 1.807) is 30.3 Å². The lowest BCUT2D eigenvalue weighted by Crippen LogP contribution is -2.03. The molecule has 0 radical (unpaired) electrons. The zero-order valence-corrected chi connectivity index (χ0v) is 12.8. The van der Waals surface area contributed by atoms with Gasteiger partial charge in [0, 0.05) is 15.7 Å². The summed E-state index contributed by atoms with van der Waals surface area (Å²) in [6.07, 6.45) is 0. The zero-order valence-electron chi connectivity index (χ0n) is 10.5. The van der Waals surface area contributed by atoms with E-state index in [2.05, 4.69) is 31.5 Å². The van der Waals surface area contributed by atoms with Gasteiger partial charge in [-0.15, -0.1) is 5.10 Å². The number of rotatable bonds is 2. The molecule has 1 aromatic heterocycles. The van der Waals surface area contributed by atoms with Crippen LogP contribution in [0.5, 0.6) is 0 Å². The first-order valence-electron chi connectivity index (χ1n) is 5.85. The number of aromatic nitrogens is 4. The van der Waals surface area contributed by atoms with Crippen LogP contribution >= 0.6 is 27.5 Å². The van der Waals surface area contributed by atoms with Gasteiger partial charge < -0.3 is 5.73 Å². The van der Waals surface area contributed by atoms with Crippen LogP contribution in [0.3, 0.4) is 0 Å². The van der Waals surface area contributed by atoms with Gasteiger partial charge in [0.2, 0.25) is 0 Å². The molecule has 0 aliphatic rings. The fourth-order valence-electron chi connectivity index (χ4n) is 1.88. The molecule has 0 unspecified atom stereocenters. The van der Waals surface area contributed by atoms with Crippen molar-refractivity contribution in [2.75, 3.05) is 5.73 Å². The summed E-state index contributed by atoms with van der Waals surface area (Å²) in [6, 6.07) is 9.44. The summed E-state index contributed by atoms with van der Waals surface area (Å²) in [5.41, 5.74) is 7.01. The van der Waals surface area contributed by atoms with E-state index in [9.17, 15) is 4.39 Å². The van der Waals surface area contributed by atoms with Gasteiger partial charge in [0.15, 0.2) is 5.82 Å². The third-order valence-electron chi connectivity index (χ3n) is 2.84. The lowest BCUT2D eigenvalue weighted by molar-refractivity contribution is 0.607. The van der Waals surface area contributed by atoms with E-state index in [0.29, 0.717) is 26.6 Å². The number of anilines is 1. The summed E-state index contributed by atoms with van der Waals surface area (Å²) in [4.78, 5) is 0. The Balaban J connectivity index is 2.22. The number of tetrazole rings is 1. The van der Waals surface area contributed by atoms with Crippen LogP contribution in [-0.2, 0) is 0 Å². The predicted molar refractivity (Wildman–Crippen MR) is 81.7 cm³/mol. The van der Waals surface area contributed by atoms with Gasteiger partial charge in [0.05, 0.1) is 5.02 Å². The minimum absolute atomic E-state index is 0.211. The number of benzene rings is 2. The molecule has 106 valence electrons. The summed E-state index contributed by atoms with van der Waals surface area (Å²) in [6.45, 7) is 0. The third-order valence-corrected chi connectivity index (χ3v) is 3.66. The van der Waals surface area contributed by atoms with Crippen LogP contribution in [0.1, 0.15) is 0 Å². The Hall–Kier alpha value is -1.99. The molecule has 0 aliphatic heterocycles. The largest absolute Gasteiger partial charge is 0.399 e. The fourth-order valence-corrected chi connectivity index (χ4v) is 2.43. The van der Waals surface area contributed by atoms with Gasteiger partial charge in [-0.1, -0.05) is 27.5 Å². The molecule has 0 amide bonds. The number of hydrogen-bond acceptors (Lipinski definition) is 4. The Bertz CT molecular complexity index is 754. The fraction of sp³-hybridized carbons (Fsp3) is 0. The number of halogens is 3. The van der Waals surface area contributed by atoms with Crippen molar-refractivity contribution in [3.05, 3.63) is 51.7 Å². The molecule has 21 heavy (non-hydrogen) atoms. The first-order chi connectivity index (χ1) is 10.1. The van der Waals surface area contributed by atoms with Gasteiger partial charge in [0.25, 0.3) is 0 Å². The second-order valence-corrected chi connectivity index (χ2v) is 5.57. The van der Waals surface area contributed by atoms with Gasteiger partial charge in [-0.2, -0.15) is 4.68 Å². The molecule has 3 rings (SSSR count). The first-order valence-corrected chi connectivity index (χ1v) is 7.02. The standard InChI is InChI=1S/C13H8BrClFN5/c14-7-1-4-11(16)12(5-7)21-13(18-19-20-21)9-6-8(17)2-3-10(9)15/h1-6H,17H2. The minimum atomic E-state index is -0.452. The van der Waals surface area contributed by atoms with E-state index in [-0.39, 0.29) is 5.69 Å². The second-order valence-electron chi connectivity index (χ2n) is 4.25. The molecule has 2 N–H and O–H groups in total. The molecule has 3 aromatic rings. The van der Waals surface area contributed by atoms with Crippen molar-refractivity contribution in [1.82, 2.24) is 20.2 Å². The van der Waals surface area contributed by atoms with Gasteiger partial charge >= 0.3 is 0 Å². The monoisotopic (exact) mass is 367 g/mol. The van der Waals surface area contributed by atoms with E-state index in [0.717, 1.165) is 0 Å². The van der Waals surface area contributed by atoms with Crippen LogP contribution in [0.15, 0.2) is 40.9 Å². The molecule has 5 nitrogen and oxygen atoms in total. The van der Waals surface area contributed by atoms with E-state index in [4.69, 9.17) is 17.3 Å². The van der Waals surface area contributed by atoms with Crippen LogP contribution in [0.2, 0.25) is 5.02 Å². The normalized spacial score (nSPS) is 10.8. The molecule has 0 aliphatic carbocycles. The third kappa shape index (κ3) is 2.62. The Morgan fingerprint density at radius 1 is 1.19 bits per heavy atom. The minimum Gasteiger partial charge on any atom is -0.399 e. The molecular formula is C13H8BrClFN5. The van der Waals surface area contributed by atoms with Gasteiger partial charge in [-0.3, -0.25) is 0 Å². The van der Waals surface area contributed by atoms with Crippen molar-refractivity contribution in [2.24, 2.45) is 0 Å². The number of nitrogens with zero attached hydrogens (tertiary/aromatic N) is 4. The molecular weight excluding hydrogens is 361 g/mol. The van der Waals surface area contributed by atoms with Crippen LogP contribution in [0, 0.1) is 5.82 Å². The van der Waals surface area contributed by atoms with E-state index < -0.39 is 5.82 Å². The summed E-state index contributed by atoms with van der Waals surface area (Å²) in [5, 5.41) is 11.8. The zero-order chi connectivity index (χ0) is 15.0. The summed E-state index contributed by atoms with van der Waals surface area (Å²) in [5.74, 6) is -0.143. The predicted octanol–water partition coefficient (Wildman–Crippen LogP) is 3.47. The lowest BCUT2D eigenvalue weighted by Gasteiger charge is -2.08. The van der Waals surface area contributed by atoms with Crippen LogP contribution < -0.4 is 5.73 Å². The van der Waals surface area contributed by atoms with Gasteiger partial charge in [-0.05, 0) is 46.8 Å². The molecule has 0 saturated carbocycles. The molecule has 0 saturated heterocycles. The van der Waals surface area contributed by atoms with Crippen molar-refractivity contribution < 1.29 is 4.39 Å². The highest BCUT2D eigenvalue weighted by Crippen LogP contribution is 2.30. The quantitative estimate of drug-likeness (QED) is 0.703. The van der Waals surface area contributed by atoms with Gasteiger partial charge in [-0.25, -0.2) is 4.39 Å². The highest BCUT2D eigenvalue weighted by atomic mass is 79.9. The summed E-state index contributed by atoms with van der Waals surface area (Å²) in [7, 11) is 0. The Morgan fingerprint density at radius 2 is 2.00 bits per heavy atom. The summed E-state index contributed by atoms with van der Waals surface area (Å²) < 4.78 is 16.0. The van der Waals surface area contributed by atoms with E-state index in [1.165, 1.54) is 10.7 Å². The topological polar surface area (TPSA) is 69.6 Å². The Morgan fingerprint density at radius 3 is 2.81 bits per heavy atom.